The lowest BCUT2D eigenvalue weighted by Crippen LogP contribution is -2.14. The van der Waals surface area contributed by atoms with Crippen molar-refractivity contribution in [2.24, 2.45) is 0 Å². The number of rotatable bonds is 7. The Hall–Kier alpha value is -1.23. The Balaban J connectivity index is 2.04. The summed E-state index contributed by atoms with van der Waals surface area (Å²) in [4.78, 5) is 3.99. The zero-order valence-corrected chi connectivity index (χ0v) is 12.8. The molecule has 1 aromatic carbocycles. The topological polar surface area (TPSA) is 39.1 Å². The molecule has 0 radical (unpaired) electrons. The normalized spacial score (nSPS) is 10.8. The number of ether oxygens (including phenoxy) is 1. The molecule has 0 unspecified atom stereocenters. The first-order chi connectivity index (χ1) is 9.70. The van der Waals surface area contributed by atoms with E-state index in [0.29, 0.717) is 28.9 Å². The minimum absolute atomic E-state index is 0.525. The lowest BCUT2D eigenvalue weighted by molar-refractivity contribution is 0.295. The molecule has 0 spiro atoms. The van der Waals surface area contributed by atoms with Crippen molar-refractivity contribution in [3.8, 4) is 5.75 Å². The minimum Gasteiger partial charge on any atom is -0.490 e. The van der Waals surface area contributed by atoms with E-state index in [1.807, 2.05) is 23.8 Å². The van der Waals surface area contributed by atoms with Crippen molar-refractivity contribution in [1.29, 1.82) is 0 Å². The van der Waals surface area contributed by atoms with Crippen molar-refractivity contribution < 1.29 is 4.74 Å². The monoisotopic (exact) mass is 313 g/mol. The van der Waals surface area contributed by atoms with E-state index < -0.39 is 0 Å². The first-order valence-corrected chi connectivity index (χ1v) is 7.23. The summed E-state index contributed by atoms with van der Waals surface area (Å²) in [5.41, 5.74) is 0.968. The minimum atomic E-state index is 0.525. The number of hydrogen-bond acceptors (Lipinski definition) is 3. The van der Waals surface area contributed by atoms with Gasteiger partial charge < -0.3 is 14.6 Å². The molecule has 0 saturated heterocycles. The molecule has 0 atom stereocenters. The number of imidazole rings is 1. The standard InChI is InChI=1S/C14H17Cl2N3O/c1-2-17-9-11-7-12(15)8-13(16)14(11)20-6-5-19-4-3-18-10-19/h3-4,7-8,10,17H,2,5-6,9H2,1H3. The second-order valence-electron chi connectivity index (χ2n) is 4.31. The molecule has 0 fully saturated rings. The fourth-order valence-corrected chi connectivity index (χ4v) is 2.43. The zero-order chi connectivity index (χ0) is 14.4. The van der Waals surface area contributed by atoms with Crippen LogP contribution in [0.25, 0.3) is 0 Å². The van der Waals surface area contributed by atoms with Crippen molar-refractivity contribution in [3.05, 3.63) is 46.5 Å². The van der Waals surface area contributed by atoms with Crippen LogP contribution in [0.1, 0.15) is 12.5 Å². The highest BCUT2D eigenvalue weighted by molar-refractivity contribution is 6.35. The lowest BCUT2D eigenvalue weighted by Gasteiger charge is -2.14. The third-order valence-corrected chi connectivity index (χ3v) is 3.30. The number of nitrogens with one attached hydrogen (secondary N) is 1. The molecule has 0 aliphatic carbocycles. The Kier molecular flexibility index (Phi) is 5.71. The van der Waals surface area contributed by atoms with E-state index in [2.05, 4.69) is 10.3 Å². The molecule has 0 aliphatic rings. The van der Waals surface area contributed by atoms with Crippen LogP contribution in [0, 0.1) is 0 Å². The van der Waals surface area contributed by atoms with Crippen molar-refractivity contribution in [1.82, 2.24) is 14.9 Å². The first-order valence-electron chi connectivity index (χ1n) is 6.48. The largest absolute Gasteiger partial charge is 0.490 e. The molecule has 0 bridgehead atoms. The molecule has 1 aromatic heterocycles. The third-order valence-electron chi connectivity index (χ3n) is 2.81. The molecule has 4 nitrogen and oxygen atoms in total. The summed E-state index contributed by atoms with van der Waals surface area (Å²) >= 11 is 12.3. The summed E-state index contributed by atoms with van der Waals surface area (Å²) in [7, 11) is 0. The maximum Gasteiger partial charge on any atom is 0.142 e. The van der Waals surface area contributed by atoms with Crippen LogP contribution in [-0.4, -0.2) is 22.7 Å². The van der Waals surface area contributed by atoms with Crippen molar-refractivity contribution in [3.63, 3.8) is 0 Å². The average Bonchev–Trinajstić information content (AvgIpc) is 2.92. The fourth-order valence-electron chi connectivity index (χ4n) is 1.84. The smallest absolute Gasteiger partial charge is 0.142 e. The molecule has 0 amide bonds. The Morgan fingerprint density at radius 2 is 2.20 bits per heavy atom. The summed E-state index contributed by atoms with van der Waals surface area (Å²) in [6.45, 7) is 4.85. The number of nitrogens with zero attached hydrogens (tertiary/aromatic N) is 2. The molecule has 6 heteroatoms. The highest BCUT2D eigenvalue weighted by Crippen LogP contribution is 2.32. The number of benzene rings is 1. The van der Waals surface area contributed by atoms with Gasteiger partial charge in [0.15, 0.2) is 0 Å². The summed E-state index contributed by atoms with van der Waals surface area (Å²) in [5.74, 6) is 0.692. The van der Waals surface area contributed by atoms with Crippen molar-refractivity contribution >= 4 is 23.2 Å². The highest BCUT2D eigenvalue weighted by atomic mass is 35.5. The fraction of sp³-hybridized carbons (Fsp3) is 0.357. The number of halogens is 2. The van der Waals surface area contributed by atoms with E-state index in [9.17, 15) is 0 Å². The van der Waals surface area contributed by atoms with E-state index in [0.717, 1.165) is 18.7 Å². The zero-order valence-electron chi connectivity index (χ0n) is 11.3. The average molecular weight is 314 g/mol. The molecule has 108 valence electrons. The Morgan fingerprint density at radius 1 is 1.35 bits per heavy atom. The molecule has 1 N–H and O–H groups in total. The second kappa shape index (κ2) is 7.53. The van der Waals surface area contributed by atoms with Crippen LogP contribution in [0.4, 0.5) is 0 Å². The van der Waals surface area contributed by atoms with Gasteiger partial charge in [0.1, 0.15) is 12.4 Å². The molecule has 2 aromatic rings. The van der Waals surface area contributed by atoms with Gasteiger partial charge in [-0.2, -0.15) is 0 Å². The molecular weight excluding hydrogens is 297 g/mol. The predicted molar refractivity (Wildman–Crippen MR) is 81.6 cm³/mol. The van der Waals surface area contributed by atoms with Crippen LogP contribution in [0.15, 0.2) is 30.9 Å². The molecule has 1 heterocycles. The molecule has 20 heavy (non-hydrogen) atoms. The van der Waals surface area contributed by atoms with Gasteiger partial charge in [0.2, 0.25) is 0 Å². The summed E-state index contributed by atoms with van der Waals surface area (Å²) < 4.78 is 7.77. The van der Waals surface area contributed by atoms with E-state index in [4.69, 9.17) is 27.9 Å². The highest BCUT2D eigenvalue weighted by Gasteiger charge is 2.10. The van der Waals surface area contributed by atoms with Gasteiger partial charge in [0, 0.05) is 29.5 Å². The lowest BCUT2D eigenvalue weighted by atomic mass is 10.2. The van der Waals surface area contributed by atoms with Gasteiger partial charge in [-0.1, -0.05) is 30.1 Å². The Morgan fingerprint density at radius 3 is 2.90 bits per heavy atom. The van der Waals surface area contributed by atoms with Gasteiger partial charge >= 0.3 is 0 Å². The maximum atomic E-state index is 6.22. The molecule has 0 saturated carbocycles. The van der Waals surface area contributed by atoms with E-state index in [1.54, 1.807) is 18.6 Å². The van der Waals surface area contributed by atoms with Gasteiger partial charge in [0.05, 0.1) is 17.9 Å². The SMILES string of the molecule is CCNCc1cc(Cl)cc(Cl)c1OCCn1ccnc1. The van der Waals surface area contributed by atoms with Crippen LogP contribution in [0.3, 0.4) is 0 Å². The van der Waals surface area contributed by atoms with E-state index in [1.165, 1.54) is 0 Å². The number of aromatic nitrogens is 2. The summed E-state index contributed by atoms with van der Waals surface area (Å²) in [6.07, 6.45) is 5.39. The van der Waals surface area contributed by atoms with Gasteiger partial charge in [-0.15, -0.1) is 0 Å². The van der Waals surface area contributed by atoms with Crippen LogP contribution >= 0.6 is 23.2 Å². The summed E-state index contributed by atoms with van der Waals surface area (Å²) in [6, 6.07) is 3.58. The van der Waals surface area contributed by atoms with E-state index in [-0.39, 0.29) is 0 Å². The van der Waals surface area contributed by atoms with E-state index >= 15 is 0 Å². The molecular formula is C14H17Cl2N3O. The van der Waals surface area contributed by atoms with Crippen molar-refractivity contribution in [2.75, 3.05) is 13.2 Å². The summed E-state index contributed by atoms with van der Waals surface area (Å²) in [5, 5.41) is 4.40. The van der Waals surface area contributed by atoms with Crippen LogP contribution in [0.2, 0.25) is 10.0 Å². The Labute approximate surface area is 128 Å². The number of hydrogen-bond donors (Lipinski definition) is 1. The molecule has 0 aliphatic heterocycles. The van der Waals surface area contributed by atoms with Gasteiger partial charge in [-0.05, 0) is 18.7 Å². The first kappa shape index (κ1) is 15.2. The van der Waals surface area contributed by atoms with Gasteiger partial charge in [0.25, 0.3) is 0 Å². The van der Waals surface area contributed by atoms with Crippen molar-refractivity contribution in [2.45, 2.75) is 20.0 Å². The third kappa shape index (κ3) is 4.13. The molecule has 2 rings (SSSR count). The predicted octanol–water partition coefficient (Wildman–Crippen LogP) is 3.38. The van der Waals surface area contributed by atoms with Gasteiger partial charge in [-0.25, -0.2) is 4.98 Å². The second-order valence-corrected chi connectivity index (χ2v) is 5.15. The van der Waals surface area contributed by atoms with Crippen LogP contribution in [-0.2, 0) is 13.1 Å². The maximum absolute atomic E-state index is 6.22. The van der Waals surface area contributed by atoms with Crippen LogP contribution in [0.5, 0.6) is 5.75 Å². The quantitative estimate of drug-likeness (QED) is 0.851. The van der Waals surface area contributed by atoms with Gasteiger partial charge in [-0.3, -0.25) is 0 Å². The Bertz CT molecular complexity index is 544. The van der Waals surface area contributed by atoms with Crippen LogP contribution < -0.4 is 10.1 Å².